The fourth-order valence-corrected chi connectivity index (χ4v) is 1.53. The Balaban J connectivity index is 2.94. The van der Waals surface area contributed by atoms with Gasteiger partial charge in [0.2, 0.25) is 0 Å². The van der Waals surface area contributed by atoms with Gasteiger partial charge in [-0.2, -0.15) is 0 Å². The van der Waals surface area contributed by atoms with Crippen molar-refractivity contribution in [2.45, 2.75) is 31.5 Å². The van der Waals surface area contributed by atoms with Gasteiger partial charge < -0.3 is 0 Å². The molecule has 1 aromatic rings. The molecule has 0 amide bonds. The number of nitrogens with zero attached hydrogens (tertiary/aromatic N) is 1. The van der Waals surface area contributed by atoms with E-state index in [2.05, 4.69) is 47.8 Å². The van der Waals surface area contributed by atoms with E-state index in [1.165, 1.54) is 11.1 Å². The maximum Gasteiger partial charge on any atom is 0.0299 e. The first-order chi connectivity index (χ1) is 5.63. The molecule has 0 saturated carbocycles. The highest BCUT2D eigenvalue weighted by atomic mass is 79.9. The van der Waals surface area contributed by atoms with Gasteiger partial charge in [0, 0.05) is 17.2 Å². The van der Waals surface area contributed by atoms with E-state index < -0.39 is 0 Å². The van der Waals surface area contributed by atoms with Crippen molar-refractivity contribution in [3.8, 4) is 0 Å². The fourth-order valence-electron chi connectivity index (χ4n) is 1.24. The molecule has 2 heteroatoms. The van der Waals surface area contributed by atoms with E-state index in [-0.39, 0.29) is 0 Å². The molecule has 0 N–H and O–H groups in total. The number of alkyl halides is 1. The molecule has 0 radical (unpaired) electrons. The molecule has 0 fully saturated rings. The van der Waals surface area contributed by atoms with Crippen LogP contribution in [0.4, 0.5) is 0 Å². The zero-order chi connectivity index (χ0) is 9.14. The standard InChI is InChI=1S/C10H14BrN/c1-7-6-12-5-4-10(7)8(2)9(3)11/h4-6,8-9H,1-3H3. The van der Waals surface area contributed by atoms with Crippen molar-refractivity contribution < 1.29 is 0 Å². The molecular formula is C10H14BrN. The summed E-state index contributed by atoms with van der Waals surface area (Å²) in [4.78, 5) is 4.58. The Morgan fingerprint density at radius 1 is 1.42 bits per heavy atom. The first-order valence-corrected chi connectivity index (χ1v) is 5.09. The predicted octanol–water partition coefficient (Wildman–Crippen LogP) is 3.28. The topological polar surface area (TPSA) is 12.9 Å². The zero-order valence-electron chi connectivity index (χ0n) is 7.71. The Hall–Kier alpha value is -0.370. The SMILES string of the molecule is Cc1cnccc1C(C)C(C)Br. The largest absolute Gasteiger partial charge is 0.264 e. The molecule has 2 atom stereocenters. The lowest BCUT2D eigenvalue weighted by Gasteiger charge is -2.16. The number of hydrogen-bond donors (Lipinski definition) is 0. The van der Waals surface area contributed by atoms with Gasteiger partial charge in [-0.1, -0.05) is 29.8 Å². The van der Waals surface area contributed by atoms with Gasteiger partial charge >= 0.3 is 0 Å². The van der Waals surface area contributed by atoms with Gasteiger partial charge in [0.15, 0.2) is 0 Å². The first-order valence-electron chi connectivity index (χ1n) is 4.17. The molecule has 1 rings (SSSR count). The molecule has 0 bridgehead atoms. The summed E-state index contributed by atoms with van der Waals surface area (Å²) in [6.07, 6.45) is 3.77. The minimum atomic E-state index is 0.513. The lowest BCUT2D eigenvalue weighted by atomic mass is 9.96. The quantitative estimate of drug-likeness (QED) is 0.708. The maximum atomic E-state index is 4.07. The third kappa shape index (κ3) is 2.07. The van der Waals surface area contributed by atoms with Crippen molar-refractivity contribution >= 4 is 15.9 Å². The third-order valence-electron chi connectivity index (χ3n) is 2.24. The van der Waals surface area contributed by atoms with Crippen molar-refractivity contribution in [3.05, 3.63) is 29.6 Å². The molecule has 0 aromatic carbocycles. The summed E-state index contributed by atoms with van der Waals surface area (Å²) in [6.45, 7) is 6.50. The number of aryl methyl sites for hydroxylation is 1. The molecule has 0 aliphatic rings. The van der Waals surface area contributed by atoms with Crippen LogP contribution in [0.3, 0.4) is 0 Å². The molecule has 0 spiro atoms. The number of halogens is 1. The van der Waals surface area contributed by atoms with Gasteiger partial charge in [0.1, 0.15) is 0 Å². The second-order valence-electron chi connectivity index (χ2n) is 3.20. The summed E-state index contributed by atoms with van der Waals surface area (Å²) < 4.78 is 0. The van der Waals surface area contributed by atoms with Crippen LogP contribution >= 0.6 is 15.9 Å². The van der Waals surface area contributed by atoms with Crippen molar-refractivity contribution in [2.75, 3.05) is 0 Å². The van der Waals surface area contributed by atoms with E-state index in [1.807, 2.05) is 12.4 Å². The van der Waals surface area contributed by atoms with Crippen LogP contribution in [0, 0.1) is 6.92 Å². The maximum absolute atomic E-state index is 4.07. The summed E-state index contributed by atoms with van der Waals surface area (Å²) >= 11 is 3.59. The van der Waals surface area contributed by atoms with Crippen molar-refractivity contribution in [1.29, 1.82) is 0 Å². The second-order valence-corrected chi connectivity index (χ2v) is 4.64. The molecule has 1 aromatic heterocycles. The molecule has 66 valence electrons. The van der Waals surface area contributed by atoms with Crippen LogP contribution in [0.25, 0.3) is 0 Å². The lowest BCUT2D eigenvalue weighted by molar-refractivity contribution is 0.753. The minimum absolute atomic E-state index is 0.513. The van der Waals surface area contributed by atoms with Gasteiger partial charge in [0.25, 0.3) is 0 Å². The Morgan fingerprint density at radius 2 is 2.08 bits per heavy atom. The third-order valence-corrected chi connectivity index (χ3v) is 3.04. The van der Waals surface area contributed by atoms with Crippen LogP contribution in [0.1, 0.15) is 30.9 Å². The Labute approximate surface area is 82.3 Å². The highest BCUT2D eigenvalue weighted by Gasteiger charge is 2.12. The number of hydrogen-bond acceptors (Lipinski definition) is 1. The van der Waals surface area contributed by atoms with E-state index in [1.54, 1.807) is 0 Å². The first kappa shape index (κ1) is 9.72. The zero-order valence-corrected chi connectivity index (χ0v) is 9.30. The van der Waals surface area contributed by atoms with Crippen LogP contribution < -0.4 is 0 Å². The van der Waals surface area contributed by atoms with E-state index in [0.717, 1.165) is 0 Å². The highest BCUT2D eigenvalue weighted by Crippen LogP contribution is 2.25. The molecule has 0 aliphatic carbocycles. The van der Waals surface area contributed by atoms with Crippen molar-refractivity contribution in [2.24, 2.45) is 0 Å². The van der Waals surface area contributed by atoms with E-state index in [0.29, 0.717) is 10.7 Å². The van der Waals surface area contributed by atoms with Gasteiger partial charge in [0.05, 0.1) is 0 Å². The summed E-state index contributed by atoms with van der Waals surface area (Å²) in [7, 11) is 0. The average molecular weight is 228 g/mol. The van der Waals surface area contributed by atoms with Gasteiger partial charge in [-0.15, -0.1) is 0 Å². The van der Waals surface area contributed by atoms with Crippen LogP contribution in [0.15, 0.2) is 18.5 Å². The Kier molecular flexibility index (Phi) is 3.27. The molecule has 0 aliphatic heterocycles. The molecule has 12 heavy (non-hydrogen) atoms. The van der Waals surface area contributed by atoms with Crippen LogP contribution in [0.5, 0.6) is 0 Å². The Bertz CT molecular complexity index is 258. The monoisotopic (exact) mass is 227 g/mol. The lowest BCUT2D eigenvalue weighted by Crippen LogP contribution is -2.06. The second kappa shape index (κ2) is 4.04. The van der Waals surface area contributed by atoms with Gasteiger partial charge in [-0.25, -0.2) is 0 Å². The minimum Gasteiger partial charge on any atom is -0.264 e. The van der Waals surface area contributed by atoms with E-state index in [9.17, 15) is 0 Å². The summed E-state index contributed by atoms with van der Waals surface area (Å²) in [5, 5.41) is 0. The molecule has 1 nitrogen and oxygen atoms in total. The predicted molar refractivity (Wildman–Crippen MR) is 55.8 cm³/mol. The van der Waals surface area contributed by atoms with Crippen molar-refractivity contribution in [1.82, 2.24) is 4.98 Å². The number of rotatable bonds is 2. The number of aromatic nitrogens is 1. The van der Waals surface area contributed by atoms with Crippen LogP contribution in [-0.2, 0) is 0 Å². The number of pyridine rings is 1. The summed E-state index contributed by atoms with van der Waals surface area (Å²) in [5.41, 5.74) is 2.66. The van der Waals surface area contributed by atoms with E-state index in [4.69, 9.17) is 0 Å². The van der Waals surface area contributed by atoms with E-state index >= 15 is 0 Å². The molecule has 1 heterocycles. The molecule has 2 unspecified atom stereocenters. The van der Waals surface area contributed by atoms with Gasteiger partial charge in [-0.05, 0) is 30.0 Å². The smallest absolute Gasteiger partial charge is 0.0299 e. The Morgan fingerprint density at radius 3 is 2.58 bits per heavy atom. The molecular weight excluding hydrogens is 214 g/mol. The fraction of sp³-hybridized carbons (Fsp3) is 0.500. The highest BCUT2D eigenvalue weighted by molar-refractivity contribution is 9.09. The average Bonchev–Trinajstić information content (AvgIpc) is 2.04. The normalized spacial score (nSPS) is 15.7. The van der Waals surface area contributed by atoms with Gasteiger partial charge in [-0.3, -0.25) is 4.98 Å². The molecule has 0 saturated heterocycles. The van der Waals surface area contributed by atoms with Crippen molar-refractivity contribution in [3.63, 3.8) is 0 Å². The van der Waals surface area contributed by atoms with Crippen LogP contribution in [-0.4, -0.2) is 9.81 Å². The summed E-state index contributed by atoms with van der Waals surface area (Å²) in [5.74, 6) is 0.549. The van der Waals surface area contributed by atoms with Crippen LogP contribution in [0.2, 0.25) is 0 Å². The summed E-state index contributed by atoms with van der Waals surface area (Å²) in [6, 6.07) is 2.10.